The van der Waals surface area contributed by atoms with E-state index in [1.807, 2.05) is 0 Å². The van der Waals surface area contributed by atoms with Gasteiger partial charge in [-0.05, 0) is 65.6 Å². The smallest absolute Gasteiger partial charge is 0.308 e. The van der Waals surface area contributed by atoms with E-state index in [0.717, 1.165) is 37.0 Å². The van der Waals surface area contributed by atoms with Crippen LogP contribution in [0, 0.1) is 28.7 Å². The number of nitrogens with one attached hydrogen (secondary N) is 1. The number of thiophene rings is 1. The molecule has 0 aromatic carbocycles. The molecule has 2 aromatic rings. The van der Waals surface area contributed by atoms with Gasteiger partial charge in [0.15, 0.2) is 21.5 Å². The minimum atomic E-state index is -0.856. The predicted molar refractivity (Wildman–Crippen MR) is 96.9 cm³/mol. The van der Waals surface area contributed by atoms with Crippen LogP contribution in [-0.4, -0.2) is 27.1 Å². The lowest BCUT2D eigenvalue weighted by Gasteiger charge is -2.47. The van der Waals surface area contributed by atoms with Gasteiger partial charge in [-0.2, -0.15) is 4.39 Å². The molecule has 3 fully saturated rings. The Kier molecular flexibility index (Phi) is 4.68. The Morgan fingerprint density at radius 1 is 1.19 bits per heavy atom. The van der Waals surface area contributed by atoms with Gasteiger partial charge < -0.3 is 10.4 Å². The summed E-state index contributed by atoms with van der Waals surface area (Å²) >= 11 is 3.96. The highest BCUT2D eigenvalue weighted by Crippen LogP contribution is 2.46. The summed E-state index contributed by atoms with van der Waals surface area (Å²) in [4.78, 5) is 20.2. The molecule has 0 amide bonds. The monoisotopic (exact) mass is 443 g/mol. The largest absolute Gasteiger partial charge is 0.481 e. The van der Waals surface area contributed by atoms with Crippen LogP contribution in [0.15, 0.2) is 16.9 Å². The van der Waals surface area contributed by atoms with Crippen LogP contribution in [-0.2, 0) is 4.79 Å². The molecule has 3 aliphatic rings. The summed E-state index contributed by atoms with van der Waals surface area (Å²) in [5, 5.41) is 12.3. The highest BCUT2D eigenvalue weighted by Gasteiger charge is 2.47. The molecule has 138 valence electrons. The zero-order valence-electron chi connectivity index (χ0n) is 13.6. The van der Waals surface area contributed by atoms with Gasteiger partial charge in [0, 0.05) is 6.04 Å². The molecule has 0 aliphatic heterocycles. The molecular formula is C17H16BrF2N3O2S. The van der Waals surface area contributed by atoms with E-state index in [9.17, 15) is 14.3 Å². The zero-order valence-corrected chi connectivity index (χ0v) is 16.0. The van der Waals surface area contributed by atoms with Crippen LogP contribution in [0.3, 0.4) is 0 Å². The Morgan fingerprint density at radius 2 is 1.88 bits per heavy atom. The van der Waals surface area contributed by atoms with Gasteiger partial charge in [0.05, 0.1) is 10.8 Å². The van der Waals surface area contributed by atoms with Gasteiger partial charge in [0.1, 0.15) is 5.69 Å². The highest BCUT2D eigenvalue weighted by molar-refractivity contribution is 9.10. The number of hydrogen-bond acceptors (Lipinski definition) is 5. The number of halogens is 3. The van der Waals surface area contributed by atoms with Gasteiger partial charge in [0.25, 0.3) is 0 Å². The van der Waals surface area contributed by atoms with Crippen molar-refractivity contribution in [2.75, 3.05) is 5.32 Å². The fourth-order valence-corrected chi connectivity index (χ4v) is 5.36. The number of aromatic nitrogens is 2. The Labute approximate surface area is 161 Å². The van der Waals surface area contributed by atoms with E-state index in [1.54, 1.807) is 0 Å². The number of hydrogen-bond donors (Lipinski definition) is 2. The molecule has 2 unspecified atom stereocenters. The maximum atomic E-state index is 15.0. The van der Waals surface area contributed by atoms with Gasteiger partial charge in [-0.1, -0.05) is 0 Å². The summed E-state index contributed by atoms with van der Waals surface area (Å²) in [6, 6.07) is 2.34. The highest BCUT2D eigenvalue weighted by atomic mass is 79.9. The van der Waals surface area contributed by atoms with E-state index in [-0.39, 0.29) is 34.1 Å². The zero-order chi connectivity index (χ0) is 18.4. The maximum absolute atomic E-state index is 15.0. The average Bonchev–Trinajstić information content (AvgIpc) is 3.04. The van der Waals surface area contributed by atoms with Crippen LogP contribution in [0.1, 0.15) is 25.7 Å². The van der Waals surface area contributed by atoms with Gasteiger partial charge in [0.2, 0.25) is 0 Å². The Hall–Kier alpha value is -1.61. The van der Waals surface area contributed by atoms with Crippen molar-refractivity contribution in [1.82, 2.24) is 9.97 Å². The summed E-state index contributed by atoms with van der Waals surface area (Å²) in [7, 11) is 0. The quantitative estimate of drug-likeness (QED) is 0.677. The SMILES string of the molecule is O=C(O)C1C2CCC(CC2)C1Nc1nc(Br)nc(-c2ccc(F)s2)c1F. The first-order valence-corrected chi connectivity index (χ1v) is 10.0. The lowest BCUT2D eigenvalue weighted by Crippen LogP contribution is -2.51. The molecule has 2 bridgehead atoms. The van der Waals surface area contributed by atoms with Gasteiger partial charge in [-0.25, -0.2) is 14.4 Å². The van der Waals surface area contributed by atoms with Crippen LogP contribution < -0.4 is 5.32 Å². The van der Waals surface area contributed by atoms with E-state index in [4.69, 9.17) is 0 Å². The molecule has 2 atom stereocenters. The fraction of sp³-hybridized carbons (Fsp3) is 0.471. The Balaban J connectivity index is 1.70. The number of rotatable bonds is 4. The van der Waals surface area contributed by atoms with Gasteiger partial charge in [-0.3, -0.25) is 4.79 Å². The summed E-state index contributed by atoms with van der Waals surface area (Å²) in [5.41, 5.74) is -0.00359. The van der Waals surface area contributed by atoms with Crippen molar-refractivity contribution in [2.45, 2.75) is 31.7 Å². The normalized spacial score (nSPS) is 27.5. The van der Waals surface area contributed by atoms with E-state index < -0.39 is 22.8 Å². The third-order valence-corrected chi connectivity index (χ3v) is 6.67. The molecule has 0 spiro atoms. The van der Waals surface area contributed by atoms with Crippen molar-refractivity contribution in [2.24, 2.45) is 17.8 Å². The number of carboxylic acids is 1. The lowest BCUT2D eigenvalue weighted by atomic mass is 9.61. The predicted octanol–water partition coefficient (Wildman–Crippen LogP) is 4.55. The molecule has 2 N–H and O–H groups in total. The second kappa shape index (κ2) is 6.84. The second-order valence-corrected chi connectivity index (χ2v) is 8.56. The lowest BCUT2D eigenvalue weighted by molar-refractivity contribution is -0.148. The Bertz CT molecular complexity index is 855. The molecule has 3 aliphatic carbocycles. The van der Waals surface area contributed by atoms with E-state index in [2.05, 4.69) is 31.2 Å². The molecule has 5 rings (SSSR count). The van der Waals surface area contributed by atoms with Crippen LogP contribution in [0.5, 0.6) is 0 Å². The van der Waals surface area contributed by atoms with Crippen molar-refractivity contribution in [1.29, 1.82) is 0 Å². The minimum absolute atomic E-state index is 0.00359. The van der Waals surface area contributed by atoms with Crippen LogP contribution in [0.25, 0.3) is 10.6 Å². The molecule has 2 heterocycles. The molecule has 0 saturated heterocycles. The number of aliphatic carboxylic acids is 1. The van der Waals surface area contributed by atoms with Gasteiger partial charge in [-0.15, -0.1) is 11.3 Å². The third kappa shape index (κ3) is 3.11. The third-order valence-electron chi connectivity index (χ3n) is 5.44. The van der Waals surface area contributed by atoms with E-state index in [0.29, 0.717) is 4.88 Å². The number of carboxylic acid groups (broad SMARTS) is 1. The molecular weight excluding hydrogens is 428 g/mol. The van der Waals surface area contributed by atoms with Gasteiger partial charge >= 0.3 is 5.97 Å². The van der Waals surface area contributed by atoms with Crippen molar-refractivity contribution in [3.05, 3.63) is 27.8 Å². The second-order valence-electron chi connectivity index (χ2n) is 6.82. The maximum Gasteiger partial charge on any atom is 0.308 e. The molecule has 26 heavy (non-hydrogen) atoms. The molecule has 9 heteroatoms. The molecule has 0 radical (unpaired) electrons. The summed E-state index contributed by atoms with van der Waals surface area (Å²) in [6.45, 7) is 0. The Morgan fingerprint density at radius 3 is 2.50 bits per heavy atom. The fourth-order valence-electron chi connectivity index (χ4n) is 4.29. The number of nitrogens with zero attached hydrogens (tertiary/aromatic N) is 2. The van der Waals surface area contributed by atoms with Crippen molar-refractivity contribution in [3.8, 4) is 10.6 Å². The average molecular weight is 444 g/mol. The first kappa shape index (κ1) is 17.8. The van der Waals surface area contributed by atoms with Crippen molar-refractivity contribution >= 4 is 39.1 Å². The molecule has 3 saturated carbocycles. The summed E-state index contributed by atoms with van der Waals surface area (Å²) < 4.78 is 28.5. The van der Waals surface area contributed by atoms with E-state index >= 15 is 4.39 Å². The van der Waals surface area contributed by atoms with Crippen LogP contribution in [0.2, 0.25) is 0 Å². The summed E-state index contributed by atoms with van der Waals surface area (Å²) in [5.74, 6) is -1.87. The number of fused-ring (bicyclic) bond motifs is 3. The first-order valence-electron chi connectivity index (χ1n) is 8.42. The molecule has 2 aromatic heterocycles. The first-order chi connectivity index (χ1) is 12.4. The number of anilines is 1. The van der Waals surface area contributed by atoms with Crippen molar-refractivity contribution in [3.63, 3.8) is 0 Å². The molecule has 5 nitrogen and oxygen atoms in total. The number of carbonyl (C=O) groups is 1. The summed E-state index contributed by atoms with van der Waals surface area (Å²) in [6.07, 6.45) is 3.66. The van der Waals surface area contributed by atoms with Crippen molar-refractivity contribution < 1.29 is 18.7 Å². The topological polar surface area (TPSA) is 75.1 Å². The van der Waals surface area contributed by atoms with Crippen LogP contribution in [0.4, 0.5) is 14.6 Å². The van der Waals surface area contributed by atoms with E-state index in [1.165, 1.54) is 12.1 Å². The van der Waals surface area contributed by atoms with Crippen LogP contribution >= 0.6 is 27.3 Å². The minimum Gasteiger partial charge on any atom is -0.481 e. The standard InChI is InChI=1S/C17H16BrF2N3O2S/c18-17-22-14(9-5-6-10(19)26-9)12(20)15(23-17)21-13-8-3-1-7(2-4-8)11(13)16(24)25/h5-8,11,13H,1-4H2,(H,24,25)(H,21,22,23).